The summed E-state index contributed by atoms with van der Waals surface area (Å²) in [7, 11) is -3.52. The van der Waals surface area contributed by atoms with Crippen LogP contribution < -0.4 is 10.0 Å². The van der Waals surface area contributed by atoms with E-state index in [0.717, 1.165) is 0 Å². The van der Waals surface area contributed by atoms with Crippen molar-refractivity contribution in [3.63, 3.8) is 0 Å². The zero-order valence-electron chi connectivity index (χ0n) is 8.43. The highest BCUT2D eigenvalue weighted by Crippen LogP contribution is 2.08. The topological polar surface area (TPSA) is 104 Å². The maximum Gasteiger partial charge on any atom is 0.243 e. The van der Waals surface area contributed by atoms with Crippen molar-refractivity contribution < 1.29 is 13.2 Å². The first-order valence-electron chi connectivity index (χ1n) is 4.86. The van der Waals surface area contributed by atoms with Gasteiger partial charge in [0.1, 0.15) is 4.90 Å². The van der Waals surface area contributed by atoms with E-state index in [1.165, 1.54) is 12.4 Å². The molecule has 0 aliphatic carbocycles. The third-order valence-corrected chi connectivity index (χ3v) is 3.78. The third kappa shape index (κ3) is 2.39. The van der Waals surface area contributed by atoms with E-state index < -0.39 is 10.0 Å². The predicted molar refractivity (Wildman–Crippen MR) is 54.9 cm³/mol. The zero-order valence-corrected chi connectivity index (χ0v) is 9.25. The number of carbonyl (C=O) groups excluding carboxylic acids is 1. The Morgan fingerprint density at radius 3 is 2.94 bits per heavy atom. The highest BCUT2D eigenvalue weighted by atomic mass is 32.2. The van der Waals surface area contributed by atoms with Crippen LogP contribution in [0.4, 0.5) is 0 Å². The molecular formula is C8H12N4O3S. The Balaban J connectivity index is 1.93. The van der Waals surface area contributed by atoms with Gasteiger partial charge < -0.3 is 5.32 Å². The van der Waals surface area contributed by atoms with Crippen molar-refractivity contribution in [1.29, 1.82) is 0 Å². The minimum atomic E-state index is -3.52. The van der Waals surface area contributed by atoms with Crippen molar-refractivity contribution in [2.75, 3.05) is 6.54 Å². The van der Waals surface area contributed by atoms with Gasteiger partial charge in [0, 0.05) is 25.2 Å². The second-order valence-corrected chi connectivity index (χ2v) is 5.36. The molecule has 2 heterocycles. The summed E-state index contributed by atoms with van der Waals surface area (Å²) in [6, 6.07) is -0.117. The minimum absolute atomic E-state index is 0.0347. The molecule has 3 N–H and O–H groups in total. The fraction of sp³-hybridized carbons (Fsp3) is 0.500. The summed E-state index contributed by atoms with van der Waals surface area (Å²) in [5.41, 5.74) is 0. The van der Waals surface area contributed by atoms with E-state index in [1.807, 2.05) is 0 Å². The van der Waals surface area contributed by atoms with E-state index in [1.54, 1.807) is 0 Å². The smallest absolute Gasteiger partial charge is 0.243 e. The zero-order chi connectivity index (χ0) is 11.6. The van der Waals surface area contributed by atoms with Crippen LogP contribution in [-0.4, -0.2) is 37.1 Å². The Hall–Kier alpha value is -1.41. The molecule has 2 rings (SSSR count). The molecule has 1 atom stereocenters. The van der Waals surface area contributed by atoms with Gasteiger partial charge in [0.2, 0.25) is 15.9 Å². The van der Waals surface area contributed by atoms with E-state index in [2.05, 4.69) is 20.2 Å². The van der Waals surface area contributed by atoms with Gasteiger partial charge in [-0.1, -0.05) is 0 Å². The van der Waals surface area contributed by atoms with Crippen LogP contribution in [0, 0.1) is 0 Å². The predicted octanol–water partition coefficient (Wildman–Crippen LogP) is -1.03. The Bertz CT molecular complexity index is 467. The summed E-state index contributed by atoms with van der Waals surface area (Å²) in [5.74, 6) is -0.0347. The average molecular weight is 244 g/mol. The number of nitrogens with one attached hydrogen (secondary N) is 3. The lowest BCUT2D eigenvalue weighted by Crippen LogP contribution is -2.38. The van der Waals surface area contributed by atoms with E-state index in [9.17, 15) is 13.2 Å². The highest BCUT2D eigenvalue weighted by molar-refractivity contribution is 7.89. The molecular weight excluding hydrogens is 232 g/mol. The first-order chi connectivity index (χ1) is 7.58. The summed E-state index contributed by atoms with van der Waals surface area (Å²) in [5, 5.41) is 8.68. The second-order valence-electron chi connectivity index (χ2n) is 3.59. The van der Waals surface area contributed by atoms with Crippen LogP contribution in [0.1, 0.15) is 12.8 Å². The largest absolute Gasteiger partial charge is 0.352 e. The Kier molecular flexibility index (Phi) is 2.92. The van der Waals surface area contributed by atoms with Crippen molar-refractivity contribution in [1.82, 2.24) is 20.2 Å². The molecule has 0 radical (unpaired) electrons. The van der Waals surface area contributed by atoms with E-state index in [-0.39, 0.29) is 23.4 Å². The van der Waals surface area contributed by atoms with Gasteiger partial charge in [0.05, 0.1) is 6.20 Å². The molecule has 0 aromatic carbocycles. The molecule has 16 heavy (non-hydrogen) atoms. The van der Waals surface area contributed by atoms with Crippen LogP contribution in [0.3, 0.4) is 0 Å². The van der Waals surface area contributed by atoms with Gasteiger partial charge in [-0.2, -0.15) is 5.10 Å². The Morgan fingerprint density at radius 2 is 2.38 bits per heavy atom. The third-order valence-electron chi connectivity index (χ3n) is 2.39. The van der Waals surface area contributed by atoms with E-state index in [0.29, 0.717) is 12.8 Å². The number of carbonyl (C=O) groups is 1. The molecule has 88 valence electrons. The number of aromatic nitrogens is 2. The Morgan fingerprint density at radius 1 is 1.56 bits per heavy atom. The van der Waals surface area contributed by atoms with Crippen LogP contribution in [-0.2, 0) is 14.8 Å². The lowest BCUT2D eigenvalue weighted by Gasteiger charge is -2.10. The summed E-state index contributed by atoms with van der Waals surface area (Å²) in [6.45, 7) is 0.208. The summed E-state index contributed by atoms with van der Waals surface area (Å²) in [6.07, 6.45) is 3.65. The van der Waals surface area contributed by atoms with Gasteiger partial charge >= 0.3 is 0 Å². The molecule has 1 fully saturated rings. The van der Waals surface area contributed by atoms with Crippen LogP contribution in [0.2, 0.25) is 0 Å². The van der Waals surface area contributed by atoms with Crippen molar-refractivity contribution in [3.8, 4) is 0 Å². The number of hydrogen-bond donors (Lipinski definition) is 3. The number of amides is 1. The summed E-state index contributed by atoms with van der Waals surface area (Å²) < 4.78 is 25.7. The maximum atomic E-state index is 11.6. The number of rotatable bonds is 4. The molecule has 1 aliphatic rings. The van der Waals surface area contributed by atoms with Crippen molar-refractivity contribution in [2.24, 2.45) is 0 Å². The lowest BCUT2D eigenvalue weighted by atomic mass is 10.2. The van der Waals surface area contributed by atoms with Crippen LogP contribution in [0.5, 0.6) is 0 Å². The van der Waals surface area contributed by atoms with Gasteiger partial charge in [-0.25, -0.2) is 13.1 Å². The molecule has 8 heteroatoms. The van der Waals surface area contributed by atoms with Crippen molar-refractivity contribution >= 4 is 15.9 Å². The Labute approximate surface area is 92.7 Å². The van der Waals surface area contributed by atoms with Crippen molar-refractivity contribution in [2.45, 2.75) is 23.8 Å². The number of nitrogens with zero attached hydrogens (tertiary/aromatic N) is 1. The van der Waals surface area contributed by atoms with Crippen molar-refractivity contribution in [3.05, 3.63) is 12.4 Å². The number of aromatic amines is 1. The van der Waals surface area contributed by atoms with Gasteiger partial charge in [-0.3, -0.25) is 9.89 Å². The van der Waals surface area contributed by atoms with E-state index >= 15 is 0 Å². The SMILES string of the molecule is O=C1CCC(CNS(=O)(=O)c2cn[nH]c2)N1. The van der Waals surface area contributed by atoms with Crippen LogP contribution >= 0.6 is 0 Å². The molecule has 1 amide bonds. The van der Waals surface area contributed by atoms with Gasteiger partial charge in [0.25, 0.3) is 0 Å². The molecule has 1 aromatic heterocycles. The number of hydrogen-bond acceptors (Lipinski definition) is 4. The molecule has 0 bridgehead atoms. The van der Waals surface area contributed by atoms with Crippen LogP contribution in [0.25, 0.3) is 0 Å². The first kappa shape index (κ1) is 11.1. The monoisotopic (exact) mass is 244 g/mol. The van der Waals surface area contributed by atoms with Gasteiger partial charge in [-0.15, -0.1) is 0 Å². The molecule has 7 nitrogen and oxygen atoms in total. The standard InChI is InChI=1S/C8H12N4O3S/c13-8-2-1-6(12-8)3-11-16(14,15)7-4-9-10-5-7/h4-6,11H,1-3H2,(H,9,10)(H,12,13). The fourth-order valence-corrected chi connectivity index (χ4v) is 2.50. The first-order valence-corrected chi connectivity index (χ1v) is 6.34. The number of H-pyrrole nitrogens is 1. The lowest BCUT2D eigenvalue weighted by molar-refractivity contribution is -0.119. The molecule has 0 saturated carbocycles. The maximum absolute atomic E-state index is 11.6. The molecule has 1 aromatic rings. The average Bonchev–Trinajstić information content (AvgIpc) is 2.85. The molecule has 1 unspecified atom stereocenters. The fourth-order valence-electron chi connectivity index (χ4n) is 1.51. The highest BCUT2D eigenvalue weighted by Gasteiger charge is 2.23. The number of sulfonamides is 1. The van der Waals surface area contributed by atoms with E-state index in [4.69, 9.17) is 0 Å². The quantitative estimate of drug-likeness (QED) is 0.629. The summed E-state index contributed by atoms with van der Waals surface area (Å²) >= 11 is 0. The minimum Gasteiger partial charge on any atom is -0.352 e. The second kappa shape index (κ2) is 4.22. The van der Waals surface area contributed by atoms with Gasteiger partial charge in [-0.05, 0) is 6.42 Å². The van der Waals surface area contributed by atoms with Gasteiger partial charge in [0.15, 0.2) is 0 Å². The van der Waals surface area contributed by atoms with Crippen LogP contribution in [0.15, 0.2) is 17.3 Å². The molecule has 1 saturated heterocycles. The molecule has 0 spiro atoms. The normalized spacial score (nSPS) is 21.0. The summed E-state index contributed by atoms with van der Waals surface area (Å²) in [4.78, 5) is 11.0. The molecule has 1 aliphatic heterocycles.